The Bertz CT molecular complexity index is 309. The van der Waals surface area contributed by atoms with E-state index in [1.54, 1.807) is 24.3 Å². The standard InChI is InChI=1S/C10H12N2O2/c11-5-9(13)7-1-2-8(4-3-7)10(14)6-12/h1-4H,5-6,11-12H2. The van der Waals surface area contributed by atoms with Crippen molar-refractivity contribution < 1.29 is 9.59 Å². The number of carbonyl (C=O) groups excluding carboxylic acids is 2. The molecule has 0 aromatic heterocycles. The molecule has 0 radical (unpaired) electrons. The summed E-state index contributed by atoms with van der Waals surface area (Å²) in [5.74, 6) is -0.284. The highest BCUT2D eigenvalue weighted by Gasteiger charge is 2.05. The van der Waals surface area contributed by atoms with Gasteiger partial charge >= 0.3 is 0 Å². The number of nitrogens with two attached hydrogens (primary N) is 2. The molecule has 4 nitrogen and oxygen atoms in total. The smallest absolute Gasteiger partial charge is 0.176 e. The molecule has 1 aromatic rings. The van der Waals surface area contributed by atoms with Gasteiger partial charge in [-0.15, -0.1) is 0 Å². The second-order valence-corrected chi connectivity index (χ2v) is 2.83. The zero-order valence-electron chi connectivity index (χ0n) is 7.69. The predicted molar refractivity (Wildman–Crippen MR) is 53.2 cm³/mol. The minimum absolute atomic E-state index is 0.0236. The van der Waals surface area contributed by atoms with Crippen LogP contribution in [0.5, 0.6) is 0 Å². The Morgan fingerprint density at radius 1 is 0.857 bits per heavy atom. The zero-order valence-corrected chi connectivity index (χ0v) is 7.69. The Labute approximate surface area is 81.9 Å². The van der Waals surface area contributed by atoms with E-state index in [1.807, 2.05) is 0 Å². The van der Waals surface area contributed by atoms with Crippen LogP contribution in [0.1, 0.15) is 20.7 Å². The molecule has 0 amide bonds. The second-order valence-electron chi connectivity index (χ2n) is 2.83. The van der Waals surface area contributed by atoms with Crippen LogP contribution in [-0.4, -0.2) is 24.7 Å². The number of ketones is 2. The van der Waals surface area contributed by atoms with Crippen LogP contribution >= 0.6 is 0 Å². The highest BCUT2D eigenvalue weighted by atomic mass is 16.1. The van der Waals surface area contributed by atoms with E-state index in [0.29, 0.717) is 11.1 Å². The summed E-state index contributed by atoms with van der Waals surface area (Å²) in [5.41, 5.74) is 11.4. The van der Waals surface area contributed by atoms with Gasteiger partial charge in [0.15, 0.2) is 11.6 Å². The molecule has 4 heteroatoms. The molecule has 0 saturated carbocycles. The molecular formula is C10H12N2O2. The third kappa shape index (κ3) is 2.25. The number of carbonyl (C=O) groups is 2. The van der Waals surface area contributed by atoms with Crippen molar-refractivity contribution in [3.05, 3.63) is 35.4 Å². The van der Waals surface area contributed by atoms with E-state index in [-0.39, 0.29) is 24.7 Å². The quantitative estimate of drug-likeness (QED) is 0.656. The molecule has 0 aliphatic heterocycles. The van der Waals surface area contributed by atoms with Crippen molar-refractivity contribution in [2.24, 2.45) is 11.5 Å². The molecule has 0 aliphatic rings. The first-order valence-electron chi connectivity index (χ1n) is 4.25. The first kappa shape index (κ1) is 10.6. The van der Waals surface area contributed by atoms with E-state index in [9.17, 15) is 9.59 Å². The molecule has 1 aromatic carbocycles. The van der Waals surface area contributed by atoms with E-state index in [0.717, 1.165) is 0 Å². The number of hydrogen-bond acceptors (Lipinski definition) is 4. The van der Waals surface area contributed by atoms with Crippen LogP contribution in [0.4, 0.5) is 0 Å². The highest BCUT2D eigenvalue weighted by Crippen LogP contribution is 2.05. The van der Waals surface area contributed by atoms with Crippen LogP contribution in [0.25, 0.3) is 0 Å². The van der Waals surface area contributed by atoms with E-state index < -0.39 is 0 Å². The van der Waals surface area contributed by atoms with E-state index in [1.165, 1.54) is 0 Å². The molecule has 0 bridgehead atoms. The van der Waals surface area contributed by atoms with Crippen molar-refractivity contribution in [2.45, 2.75) is 0 Å². The molecule has 0 atom stereocenters. The molecular weight excluding hydrogens is 180 g/mol. The van der Waals surface area contributed by atoms with Gasteiger partial charge in [-0.1, -0.05) is 24.3 Å². The fourth-order valence-electron chi connectivity index (χ4n) is 1.08. The van der Waals surface area contributed by atoms with Crippen LogP contribution in [0.3, 0.4) is 0 Å². The Balaban J connectivity index is 2.89. The first-order valence-corrected chi connectivity index (χ1v) is 4.25. The SMILES string of the molecule is NCC(=O)c1ccc(C(=O)CN)cc1. The molecule has 0 unspecified atom stereocenters. The maximum Gasteiger partial charge on any atom is 0.176 e. The summed E-state index contributed by atoms with van der Waals surface area (Å²) in [6.45, 7) is -0.0473. The number of Topliss-reactive ketones (excluding diaryl/α,β-unsaturated/α-hetero) is 2. The van der Waals surface area contributed by atoms with Crippen LogP contribution in [0.15, 0.2) is 24.3 Å². The lowest BCUT2D eigenvalue weighted by Crippen LogP contribution is -2.15. The maximum atomic E-state index is 11.1. The van der Waals surface area contributed by atoms with Crippen molar-refractivity contribution >= 4 is 11.6 Å². The fraction of sp³-hybridized carbons (Fsp3) is 0.200. The van der Waals surface area contributed by atoms with Crippen molar-refractivity contribution in [3.63, 3.8) is 0 Å². The van der Waals surface area contributed by atoms with Crippen molar-refractivity contribution in [2.75, 3.05) is 13.1 Å². The third-order valence-corrected chi connectivity index (χ3v) is 1.90. The molecule has 0 aliphatic carbocycles. The van der Waals surface area contributed by atoms with E-state index in [2.05, 4.69) is 0 Å². The van der Waals surface area contributed by atoms with Gasteiger partial charge in [-0.25, -0.2) is 0 Å². The van der Waals surface area contributed by atoms with Crippen LogP contribution < -0.4 is 11.5 Å². The van der Waals surface area contributed by atoms with Gasteiger partial charge in [-0.3, -0.25) is 9.59 Å². The second kappa shape index (κ2) is 4.64. The normalized spacial score (nSPS) is 9.86. The van der Waals surface area contributed by atoms with Gasteiger partial charge in [-0.2, -0.15) is 0 Å². The minimum atomic E-state index is -0.142. The van der Waals surface area contributed by atoms with E-state index >= 15 is 0 Å². The zero-order chi connectivity index (χ0) is 10.6. The summed E-state index contributed by atoms with van der Waals surface area (Å²) in [5, 5.41) is 0. The monoisotopic (exact) mass is 192 g/mol. The molecule has 14 heavy (non-hydrogen) atoms. The lowest BCUT2D eigenvalue weighted by atomic mass is 10.1. The minimum Gasteiger partial charge on any atom is -0.324 e. The van der Waals surface area contributed by atoms with Crippen LogP contribution in [0.2, 0.25) is 0 Å². The Kier molecular flexibility index (Phi) is 3.50. The van der Waals surface area contributed by atoms with Gasteiger partial charge in [-0.05, 0) is 0 Å². The lowest BCUT2D eigenvalue weighted by Gasteiger charge is -2.00. The summed E-state index contributed by atoms with van der Waals surface area (Å²) in [4.78, 5) is 22.3. The highest BCUT2D eigenvalue weighted by molar-refractivity contribution is 6.00. The molecule has 1 rings (SSSR count). The summed E-state index contributed by atoms with van der Waals surface area (Å²) >= 11 is 0. The Morgan fingerprint density at radius 3 is 1.36 bits per heavy atom. The molecule has 0 spiro atoms. The van der Waals surface area contributed by atoms with Crippen molar-refractivity contribution in [3.8, 4) is 0 Å². The number of hydrogen-bond donors (Lipinski definition) is 2. The molecule has 0 heterocycles. The summed E-state index contributed by atoms with van der Waals surface area (Å²) in [6, 6.07) is 6.33. The van der Waals surface area contributed by atoms with Gasteiger partial charge < -0.3 is 11.5 Å². The molecule has 4 N–H and O–H groups in total. The number of benzene rings is 1. The van der Waals surface area contributed by atoms with Crippen LogP contribution in [0, 0.1) is 0 Å². The average molecular weight is 192 g/mol. The van der Waals surface area contributed by atoms with Crippen molar-refractivity contribution in [1.82, 2.24) is 0 Å². The summed E-state index contributed by atoms with van der Waals surface area (Å²) in [6.07, 6.45) is 0. The molecule has 0 saturated heterocycles. The Hall–Kier alpha value is -1.52. The topological polar surface area (TPSA) is 86.2 Å². The fourth-order valence-corrected chi connectivity index (χ4v) is 1.08. The summed E-state index contributed by atoms with van der Waals surface area (Å²) < 4.78 is 0. The van der Waals surface area contributed by atoms with Crippen molar-refractivity contribution in [1.29, 1.82) is 0 Å². The van der Waals surface area contributed by atoms with Gasteiger partial charge in [0.05, 0.1) is 13.1 Å². The van der Waals surface area contributed by atoms with Gasteiger partial charge in [0.2, 0.25) is 0 Å². The molecule has 0 fully saturated rings. The molecule has 74 valence electrons. The first-order chi connectivity index (χ1) is 6.69. The van der Waals surface area contributed by atoms with E-state index in [4.69, 9.17) is 11.5 Å². The maximum absolute atomic E-state index is 11.1. The predicted octanol–water partition coefficient (Wildman–Crippen LogP) is -0.0306. The summed E-state index contributed by atoms with van der Waals surface area (Å²) in [7, 11) is 0. The Morgan fingerprint density at radius 2 is 1.14 bits per heavy atom. The van der Waals surface area contributed by atoms with Gasteiger partial charge in [0.25, 0.3) is 0 Å². The van der Waals surface area contributed by atoms with Crippen LogP contribution in [-0.2, 0) is 0 Å². The number of rotatable bonds is 4. The average Bonchev–Trinajstić information content (AvgIpc) is 2.27. The van der Waals surface area contributed by atoms with Gasteiger partial charge in [0.1, 0.15) is 0 Å². The largest absolute Gasteiger partial charge is 0.324 e. The van der Waals surface area contributed by atoms with Gasteiger partial charge in [0, 0.05) is 11.1 Å². The lowest BCUT2D eigenvalue weighted by molar-refractivity contribution is 0.0990. The third-order valence-electron chi connectivity index (χ3n) is 1.90.